The lowest BCUT2D eigenvalue weighted by atomic mass is 10.1. The molecular weight excluding hydrogens is 298 g/mol. The third-order valence-corrected chi connectivity index (χ3v) is 3.19. The lowest BCUT2D eigenvalue weighted by Gasteiger charge is -2.07. The Morgan fingerprint density at radius 1 is 0.957 bits per heavy atom. The molecule has 1 amide bonds. The number of carboxylic acid groups (broad SMARTS) is 1. The highest BCUT2D eigenvalue weighted by molar-refractivity contribution is 6.00. The predicted octanol–water partition coefficient (Wildman–Crippen LogP) is 2.69. The summed E-state index contributed by atoms with van der Waals surface area (Å²) < 4.78 is 0. The van der Waals surface area contributed by atoms with Crippen molar-refractivity contribution in [3.8, 4) is 5.75 Å². The number of carbonyl (C=O) groups excluding carboxylic acids is 2. The third-order valence-electron chi connectivity index (χ3n) is 3.19. The second-order valence-electron chi connectivity index (χ2n) is 4.87. The number of hydrogen-bond acceptors (Lipinski definition) is 4. The smallest absolute Gasteiger partial charge is 0.339 e. The number of aromatic hydroxyl groups is 1. The highest BCUT2D eigenvalue weighted by atomic mass is 16.4. The molecule has 0 heterocycles. The molecule has 3 N–H and O–H groups in total. The molecule has 0 saturated carbocycles. The molecular formula is C17H15NO5. The number of aromatic carboxylic acids is 1. The van der Waals surface area contributed by atoms with Gasteiger partial charge in [-0.3, -0.25) is 9.59 Å². The lowest BCUT2D eigenvalue weighted by Crippen LogP contribution is -2.13. The molecule has 6 heteroatoms. The Hall–Kier alpha value is -3.15. The number of hydrogen-bond donors (Lipinski definition) is 3. The molecule has 0 saturated heterocycles. The van der Waals surface area contributed by atoms with E-state index in [-0.39, 0.29) is 29.9 Å². The van der Waals surface area contributed by atoms with Crippen LogP contribution in [0.4, 0.5) is 5.69 Å². The molecule has 0 bridgehead atoms. The maximum Gasteiger partial charge on any atom is 0.339 e. The third kappa shape index (κ3) is 4.41. The zero-order valence-corrected chi connectivity index (χ0v) is 12.2. The first-order valence-corrected chi connectivity index (χ1v) is 6.92. The van der Waals surface area contributed by atoms with Gasteiger partial charge in [0, 0.05) is 30.2 Å². The number of anilines is 1. The molecule has 23 heavy (non-hydrogen) atoms. The topological polar surface area (TPSA) is 104 Å². The van der Waals surface area contributed by atoms with E-state index in [1.165, 1.54) is 12.1 Å². The van der Waals surface area contributed by atoms with E-state index >= 15 is 0 Å². The molecule has 6 nitrogen and oxygen atoms in total. The van der Waals surface area contributed by atoms with Crippen molar-refractivity contribution in [1.82, 2.24) is 0 Å². The van der Waals surface area contributed by atoms with Crippen LogP contribution in [0.2, 0.25) is 0 Å². The van der Waals surface area contributed by atoms with Crippen LogP contribution in [-0.4, -0.2) is 27.9 Å². The molecule has 0 spiro atoms. The van der Waals surface area contributed by atoms with E-state index in [1.807, 2.05) is 0 Å². The maximum atomic E-state index is 11.9. The number of carbonyl (C=O) groups is 3. The monoisotopic (exact) mass is 313 g/mol. The van der Waals surface area contributed by atoms with Crippen LogP contribution in [0, 0.1) is 0 Å². The van der Waals surface area contributed by atoms with Crippen molar-refractivity contribution in [2.75, 3.05) is 5.32 Å². The van der Waals surface area contributed by atoms with Crippen LogP contribution >= 0.6 is 0 Å². The number of carboxylic acids is 1. The normalized spacial score (nSPS) is 10.1. The standard InChI is InChI=1S/C17H15NO5/c19-14(11-4-2-1-3-5-11)8-9-16(21)18-12-6-7-13(17(22)23)15(20)10-12/h1-7,10,20H,8-9H2,(H,18,21)(H,22,23). The van der Waals surface area contributed by atoms with Crippen LogP contribution in [0.1, 0.15) is 33.6 Å². The van der Waals surface area contributed by atoms with Crippen LogP contribution in [0.15, 0.2) is 48.5 Å². The van der Waals surface area contributed by atoms with Crippen molar-refractivity contribution < 1.29 is 24.6 Å². The lowest BCUT2D eigenvalue weighted by molar-refractivity contribution is -0.116. The molecule has 0 fully saturated rings. The van der Waals surface area contributed by atoms with Crippen molar-refractivity contribution >= 4 is 23.3 Å². The van der Waals surface area contributed by atoms with Crippen LogP contribution in [0.5, 0.6) is 5.75 Å². The second kappa shape index (κ2) is 7.22. The SMILES string of the molecule is O=C(CCC(=O)c1ccccc1)Nc1ccc(C(=O)O)c(O)c1. The zero-order chi connectivity index (χ0) is 16.8. The van der Waals surface area contributed by atoms with E-state index in [1.54, 1.807) is 30.3 Å². The molecule has 118 valence electrons. The van der Waals surface area contributed by atoms with Gasteiger partial charge in [0.25, 0.3) is 0 Å². The summed E-state index contributed by atoms with van der Waals surface area (Å²) in [7, 11) is 0. The molecule has 0 unspecified atom stereocenters. The number of benzene rings is 2. The van der Waals surface area contributed by atoms with Gasteiger partial charge in [0.2, 0.25) is 5.91 Å². The fourth-order valence-electron chi connectivity index (χ4n) is 2.01. The van der Waals surface area contributed by atoms with E-state index in [4.69, 9.17) is 5.11 Å². The average Bonchev–Trinajstić information content (AvgIpc) is 2.53. The quantitative estimate of drug-likeness (QED) is 0.711. The van der Waals surface area contributed by atoms with Gasteiger partial charge >= 0.3 is 5.97 Å². The molecule has 2 aromatic carbocycles. The highest BCUT2D eigenvalue weighted by Crippen LogP contribution is 2.22. The van der Waals surface area contributed by atoms with Gasteiger partial charge in [-0.1, -0.05) is 30.3 Å². The zero-order valence-electron chi connectivity index (χ0n) is 12.2. The van der Waals surface area contributed by atoms with Gasteiger partial charge in [-0.25, -0.2) is 4.79 Å². The summed E-state index contributed by atoms with van der Waals surface area (Å²) in [4.78, 5) is 34.5. The number of rotatable bonds is 6. The van der Waals surface area contributed by atoms with E-state index in [0.717, 1.165) is 6.07 Å². The fourth-order valence-corrected chi connectivity index (χ4v) is 2.01. The van der Waals surface area contributed by atoms with Gasteiger partial charge < -0.3 is 15.5 Å². The first-order chi connectivity index (χ1) is 11.0. The summed E-state index contributed by atoms with van der Waals surface area (Å²) in [5.74, 6) is -2.22. The van der Waals surface area contributed by atoms with Gasteiger partial charge in [0.05, 0.1) is 0 Å². The summed E-state index contributed by atoms with van der Waals surface area (Å²) >= 11 is 0. The van der Waals surface area contributed by atoms with Gasteiger partial charge in [0.1, 0.15) is 11.3 Å². The van der Waals surface area contributed by atoms with Crippen LogP contribution in [0.3, 0.4) is 0 Å². The summed E-state index contributed by atoms with van der Waals surface area (Å²) in [5, 5.41) is 20.9. The number of ketones is 1. The molecule has 2 aromatic rings. The summed E-state index contributed by atoms with van der Waals surface area (Å²) in [6, 6.07) is 12.4. The molecule has 0 aromatic heterocycles. The number of Topliss-reactive ketones (excluding diaryl/α,β-unsaturated/α-hetero) is 1. The largest absolute Gasteiger partial charge is 0.507 e. The minimum atomic E-state index is -1.26. The molecule has 0 aliphatic heterocycles. The summed E-state index contributed by atoms with van der Waals surface area (Å²) in [6.07, 6.45) is 0.0597. The van der Waals surface area contributed by atoms with Crippen molar-refractivity contribution in [1.29, 1.82) is 0 Å². The average molecular weight is 313 g/mol. The first-order valence-electron chi connectivity index (χ1n) is 6.92. The Bertz CT molecular complexity index is 740. The fraction of sp³-hybridized carbons (Fsp3) is 0.118. The van der Waals surface area contributed by atoms with Gasteiger partial charge in [-0.15, -0.1) is 0 Å². The second-order valence-corrected chi connectivity index (χ2v) is 4.87. The van der Waals surface area contributed by atoms with Crippen molar-refractivity contribution in [2.24, 2.45) is 0 Å². The first kappa shape index (κ1) is 16.2. The van der Waals surface area contributed by atoms with E-state index in [0.29, 0.717) is 5.56 Å². The van der Waals surface area contributed by atoms with Crippen molar-refractivity contribution in [3.05, 3.63) is 59.7 Å². The van der Waals surface area contributed by atoms with Crippen LogP contribution < -0.4 is 5.32 Å². The number of amides is 1. The Morgan fingerprint density at radius 3 is 2.26 bits per heavy atom. The minimum Gasteiger partial charge on any atom is -0.507 e. The Morgan fingerprint density at radius 2 is 1.65 bits per heavy atom. The van der Waals surface area contributed by atoms with Gasteiger partial charge in [-0.05, 0) is 12.1 Å². The van der Waals surface area contributed by atoms with E-state index in [9.17, 15) is 19.5 Å². The summed E-state index contributed by atoms with van der Waals surface area (Å²) in [5.41, 5.74) is 0.565. The maximum absolute atomic E-state index is 11.9. The molecule has 0 aliphatic carbocycles. The van der Waals surface area contributed by atoms with E-state index in [2.05, 4.69) is 5.32 Å². The van der Waals surface area contributed by atoms with Crippen LogP contribution in [0.25, 0.3) is 0 Å². The Balaban J connectivity index is 1.91. The highest BCUT2D eigenvalue weighted by Gasteiger charge is 2.12. The number of phenols is 1. The Kier molecular flexibility index (Phi) is 5.09. The van der Waals surface area contributed by atoms with E-state index < -0.39 is 17.6 Å². The summed E-state index contributed by atoms with van der Waals surface area (Å²) in [6.45, 7) is 0. The van der Waals surface area contributed by atoms with Crippen molar-refractivity contribution in [2.45, 2.75) is 12.8 Å². The molecule has 0 aliphatic rings. The van der Waals surface area contributed by atoms with Gasteiger partial charge in [0.15, 0.2) is 5.78 Å². The minimum absolute atomic E-state index is 0.00479. The Labute approximate surface area is 132 Å². The number of nitrogens with one attached hydrogen (secondary N) is 1. The molecule has 2 rings (SSSR count). The predicted molar refractivity (Wildman–Crippen MR) is 83.7 cm³/mol. The van der Waals surface area contributed by atoms with Crippen molar-refractivity contribution in [3.63, 3.8) is 0 Å². The van der Waals surface area contributed by atoms with Gasteiger partial charge in [-0.2, -0.15) is 0 Å². The molecule has 0 atom stereocenters. The molecule has 0 radical (unpaired) electrons. The van der Waals surface area contributed by atoms with Crippen LogP contribution in [-0.2, 0) is 4.79 Å².